The Morgan fingerprint density at radius 3 is 1.29 bits per heavy atom. The molecule has 0 aliphatic carbocycles. The van der Waals surface area contributed by atoms with Gasteiger partial charge in [0, 0.05) is 26.7 Å². The summed E-state index contributed by atoms with van der Waals surface area (Å²) < 4.78 is 0. The lowest BCUT2D eigenvalue weighted by Gasteiger charge is -2.42. The summed E-state index contributed by atoms with van der Waals surface area (Å²) in [4.78, 5) is 53.0. The van der Waals surface area contributed by atoms with Gasteiger partial charge in [0.25, 0.3) is 11.8 Å². The number of hydrogen-bond donors (Lipinski definition) is 0. The van der Waals surface area contributed by atoms with Crippen molar-refractivity contribution >= 4 is 23.6 Å². The second-order valence-electron chi connectivity index (χ2n) is 6.87. The molecule has 144 valence electrons. The molecular formula is C22H22N2O4. The van der Waals surface area contributed by atoms with E-state index in [-0.39, 0.29) is 12.8 Å². The average Bonchev–Trinajstić information content (AvgIpc) is 2.67. The molecule has 0 aromatic heterocycles. The van der Waals surface area contributed by atoms with Gasteiger partial charge < -0.3 is 0 Å². The first kappa shape index (κ1) is 19.5. The minimum atomic E-state index is -1.02. The van der Waals surface area contributed by atoms with Gasteiger partial charge in [-0.25, -0.2) is 0 Å². The van der Waals surface area contributed by atoms with Crippen LogP contribution >= 0.6 is 0 Å². The Morgan fingerprint density at radius 2 is 1.00 bits per heavy atom. The van der Waals surface area contributed by atoms with Crippen LogP contribution in [0.15, 0.2) is 60.7 Å². The fourth-order valence-corrected chi connectivity index (χ4v) is 3.63. The summed E-state index contributed by atoms with van der Waals surface area (Å²) >= 11 is 0. The van der Waals surface area contributed by atoms with Gasteiger partial charge in [0.05, 0.1) is 0 Å². The van der Waals surface area contributed by atoms with Crippen LogP contribution in [0.3, 0.4) is 0 Å². The Bertz CT molecular complexity index is 820. The maximum Gasteiger partial charge on any atom is 0.253 e. The molecule has 28 heavy (non-hydrogen) atoms. The van der Waals surface area contributed by atoms with Gasteiger partial charge >= 0.3 is 0 Å². The summed E-state index contributed by atoms with van der Waals surface area (Å²) in [6.45, 7) is 2.54. The highest BCUT2D eigenvalue weighted by atomic mass is 16.2. The fraction of sp³-hybridized carbons (Fsp3) is 0.273. The van der Waals surface area contributed by atoms with Gasteiger partial charge in [0.1, 0.15) is 12.1 Å². The van der Waals surface area contributed by atoms with Crippen molar-refractivity contribution < 1.29 is 19.2 Å². The van der Waals surface area contributed by atoms with Crippen molar-refractivity contribution in [2.45, 2.75) is 38.8 Å². The number of benzene rings is 2. The molecule has 0 radical (unpaired) electrons. The highest BCUT2D eigenvalue weighted by Gasteiger charge is 2.49. The minimum Gasteiger partial charge on any atom is -0.275 e. The SMILES string of the molecule is CC(=O)N1C(=O)[C@H](Cc2ccccc2)N(C(C)=O)C(=O)[C@H]1Cc1ccccc1. The molecule has 6 nitrogen and oxygen atoms in total. The summed E-state index contributed by atoms with van der Waals surface area (Å²) in [7, 11) is 0. The summed E-state index contributed by atoms with van der Waals surface area (Å²) in [6, 6.07) is 16.2. The molecule has 0 spiro atoms. The number of imide groups is 2. The number of amides is 4. The van der Waals surface area contributed by atoms with Gasteiger partial charge in [-0.2, -0.15) is 0 Å². The zero-order chi connectivity index (χ0) is 20.3. The Kier molecular flexibility index (Phi) is 5.68. The molecular weight excluding hydrogens is 356 g/mol. The molecule has 3 rings (SSSR count). The summed E-state index contributed by atoms with van der Waals surface area (Å²) in [5.74, 6) is -2.04. The Hall–Kier alpha value is -3.28. The second kappa shape index (κ2) is 8.17. The maximum absolute atomic E-state index is 13.2. The van der Waals surface area contributed by atoms with Crippen molar-refractivity contribution in [2.24, 2.45) is 0 Å². The molecule has 0 N–H and O–H groups in total. The standard InChI is InChI=1S/C22H22N2O4/c1-15(25)23-19(13-17-9-5-3-6-10-17)22(28)24(16(2)26)20(21(23)27)14-18-11-7-4-8-12-18/h3-12,19-20H,13-14H2,1-2H3/t19-,20+. The lowest BCUT2D eigenvalue weighted by atomic mass is 9.94. The van der Waals surface area contributed by atoms with Crippen LogP contribution in [0.2, 0.25) is 0 Å². The molecule has 1 aliphatic rings. The molecule has 1 aliphatic heterocycles. The first-order valence-corrected chi connectivity index (χ1v) is 9.15. The van der Waals surface area contributed by atoms with Crippen molar-refractivity contribution in [3.63, 3.8) is 0 Å². The lowest BCUT2D eigenvalue weighted by molar-refractivity contribution is -0.171. The quantitative estimate of drug-likeness (QED) is 0.815. The largest absolute Gasteiger partial charge is 0.275 e. The van der Waals surface area contributed by atoms with Gasteiger partial charge in [-0.3, -0.25) is 29.0 Å². The molecule has 0 unspecified atom stereocenters. The monoisotopic (exact) mass is 378 g/mol. The third-order valence-electron chi connectivity index (χ3n) is 4.89. The Morgan fingerprint density at radius 1 is 0.679 bits per heavy atom. The van der Waals surface area contributed by atoms with Gasteiger partial charge in [0.2, 0.25) is 11.8 Å². The van der Waals surface area contributed by atoms with Crippen LogP contribution in [0.25, 0.3) is 0 Å². The number of carbonyl (C=O) groups is 4. The van der Waals surface area contributed by atoms with Crippen LogP contribution in [0, 0.1) is 0 Å². The Labute approximate surface area is 163 Å². The number of hydrogen-bond acceptors (Lipinski definition) is 4. The summed E-state index contributed by atoms with van der Waals surface area (Å²) in [5.41, 5.74) is 1.62. The van der Waals surface area contributed by atoms with Gasteiger partial charge in [0.15, 0.2) is 0 Å². The van der Waals surface area contributed by atoms with Crippen molar-refractivity contribution in [1.82, 2.24) is 9.80 Å². The third-order valence-corrected chi connectivity index (χ3v) is 4.89. The van der Waals surface area contributed by atoms with Crippen LogP contribution in [-0.2, 0) is 32.0 Å². The molecule has 4 amide bonds. The smallest absolute Gasteiger partial charge is 0.253 e. The van der Waals surface area contributed by atoms with Gasteiger partial charge in [-0.15, -0.1) is 0 Å². The number of rotatable bonds is 4. The molecule has 1 heterocycles. The number of piperazine rings is 1. The predicted molar refractivity (Wildman–Crippen MR) is 103 cm³/mol. The summed E-state index contributed by atoms with van der Waals surface area (Å²) in [6.07, 6.45) is 0.347. The zero-order valence-electron chi connectivity index (χ0n) is 15.9. The van der Waals surface area contributed by atoms with Crippen molar-refractivity contribution in [3.8, 4) is 0 Å². The van der Waals surface area contributed by atoms with E-state index in [1.807, 2.05) is 60.7 Å². The van der Waals surface area contributed by atoms with Crippen LogP contribution in [-0.4, -0.2) is 45.5 Å². The average molecular weight is 378 g/mol. The van der Waals surface area contributed by atoms with Crippen LogP contribution in [0.4, 0.5) is 0 Å². The normalized spacial score (nSPS) is 19.6. The molecule has 2 aromatic rings. The first-order chi connectivity index (χ1) is 13.4. The lowest BCUT2D eigenvalue weighted by Crippen LogP contribution is -2.67. The molecule has 1 saturated heterocycles. The van der Waals surface area contributed by atoms with Gasteiger partial charge in [-0.05, 0) is 11.1 Å². The van der Waals surface area contributed by atoms with Crippen LogP contribution in [0.5, 0.6) is 0 Å². The van der Waals surface area contributed by atoms with E-state index in [4.69, 9.17) is 0 Å². The minimum absolute atomic E-state index is 0.173. The Balaban J connectivity index is 1.98. The van der Waals surface area contributed by atoms with E-state index in [9.17, 15) is 19.2 Å². The maximum atomic E-state index is 13.2. The molecule has 1 fully saturated rings. The predicted octanol–water partition coefficient (Wildman–Crippen LogP) is 1.97. The molecule has 6 heteroatoms. The molecule has 0 saturated carbocycles. The summed E-state index contributed by atoms with van der Waals surface area (Å²) in [5, 5.41) is 0. The first-order valence-electron chi connectivity index (χ1n) is 9.15. The molecule has 0 bridgehead atoms. The van der Waals surface area contributed by atoms with Crippen molar-refractivity contribution in [3.05, 3.63) is 71.8 Å². The van der Waals surface area contributed by atoms with E-state index in [1.54, 1.807) is 0 Å². The number of carbonyl (C=O) groups excluding carboxylic acids is 4. The molecule has 2 atom stereocenters. The highest BCUT2D eigenvalue weighted by molar-refractivity contribution is 6.11. The van der Waals surface area contributed by atoms with E-state index in [0.717, 1.165) is 20.9 Å². The van der Waals surface area contributed by atoms with Crippen molar-refractivity contribution in [2.75, 3.05) is 0 Å². The topological polar surface area (TPSA) is 74.8 Å². The highest BCUT2D eigenvalue weighted by Crippen LogP contribution is 2.24. The van der Waals surface area contributed by atoms with E-state index >= 15 is 0 Å². The second-order valence-corrected chi connectivity index (χ2v) is 6.87. The zero-order valence-corrected chi connectivity index (χ0v) is 15.9. The van der Waals surface area contributed by atoms with Crippen LogP contribution in [0.1, 0.15) is 25.0 Å². The van der Waals surface area contributed by atoms with E-state index < -0.39 is 35.7 Å². The number of nitrogens with zero attached hydrogens (tertiary/aromatic N) is 2. The van der Waals surface area contributed by atoms with E-state index in [2.05, 4.69) is 0 Å². The third kappa shape index (κ3) is 3.86. The van der Waals surface area contributed by atoms with E-state index in [0.29, 0.717) is 0 Å². The fourth-order valence-electron chi connectivity index (χ4n) is 3.63. The van der Waals surface area contributed by atoms with Crippen molar-refractivity contribution in [1.29, 1.82) is 0 Å². The molecule has 2 aromatic carbocycles. The van der Waals surface area contributed by atoms with Crippen LogP contribution < -0.4 is 0 Å². The van der Waals surface area contributed by atoms with E-state index in [1.165, 1.54) is 13.8 Å². The van der Waals surface area contributed by atoms with Gasteiger partial charge in [-0.1, -0.05) is 60.7 Å².